The van der Waals surface area contributed by atoms with Crippen molar-refractivity contribution in [2.24, 2.45) is 5.41 Å². The van der Waals surface area contributed by atoms with E-state index in [0.717, 1.165) is 61.0 Å². The summed E-state index contributed by atoms with van der Waals surface area (Å²) in [5, 5.41) is 9.42. The summed E-state index contributed by atoms with van der Waals surface area (Å²) in [7, 11) is 0. The molecule has 0 unspecified atom stereocenters. The molecule has 1 N–H and O–H groups in total. The lowest BCUT2D eigenvalue weighted by Gasteiger charge is -2.42. The number of morpholine rings is 1. The Bertz CT molecular complexity index is 1240. The summed E-state index contributed by atoms with van der Waals surface area (Å²) in [4.78, 5) is 12.1. The first kappa shape index (κ1) is 22.0. The van der Waals surface area contributed by atoms with Gasteiger partial charge in [-0.2, -0.15) is 5.10 Å². The van der Waals surface area contributed by atoms with Crippen molar-refractivity contribution >= 4 is 16.7 Å². The van der Waals surface area contributed by atoms with Crippen LogP contribution >= 0.6 is 0 Å². The summed E-state index contributed by atoms with van der Waals surface area (Å²) in [6.45, 7) is 14.9. The third-order valence-corrected chi connectivity index (χ3v) is 8.41. The van der Waals surface area contributed by atoms with Crippen LogP contribution in [0, 0.1) is 19.3 Å². The topological polar surface area (TPSA) is 68.1 Å². The molecule has 3 saturated heterocycles. The van der Waals surface area contributed by atoms with E-state index in [1.807, 2.05) is 17.8 Å². The number of aryl methyl sites for hydroxylation is 2. The number of hydrogen-bond acceptors (Lipinski definition) is 6. The summed E-state index contributed by atoms with van der Waals surface area (Å²) in [5.41, 5.74) is 3.90. The molecule has 1 aromatic carbocycles. The second-order valence-electron chi connectivity index (χ2n) is 11.5. The van der Waals surface area contributed by atoms with Gasteiger partial charge in [-0.15, -0.1) is 0 Å². The normalized spacial score (nSPS) is 25.6. The van der Waals surface area contributed by atoms with Gasteiger partial charge in [0.05, 0.1) is 30.0 Å². The van der Waals surface area contributed by atoms with Crippen molar-refractivity contribution in [3.8, 4) is 5.82 Å². The van der Waals surface area contributed by atoms with Crippen LogP contribution in [0.3, 0.4) is 0 Å². The van der Waals surface area contributed by atoms with E-state index < -0.39 is 0 Å². The van der Waals surface area contributed by atoms with Crippen LogP contribution in [0.1, 0.15) is 62.9 Å². The molecule has 0 radical (unpaired) electrons. The third kappa shape index (κ3) is 3.43. The molecular weight excluding hydrogens is 424 g/mol. The third-order valence-electron chi connectivity index (χ3n) is 8.41. The maximum atomic E-state index is 6.32. The smallest absolute Gasteiger partial charge is 0.159 e. The number of aromatic nitrogens is 4. The maximum Gasteiger partial charge on any atom is 0.159 e. The fraction of sp³-hybridized carbons (Fsp3) is 0.593. The number of fused-ring (bicyclic) bond motifs is 3. The van der Waals surface area contributed by atoms with Gasteiger partial charge in [-0.1, -0.05) is 20.8 Å². The number of benzene rings is 1. The van der Waals surface area contributed by atoms with E-state index in [4.69, 9.17) is 19.8 Å². The monoisotopic (exact) mass is 460 g/mol. The summed E-state index contributed by atoms with van der Waals surface area (Å²) in [6, 6.07) is 7.12. The minimum Gasteiger partial charge on any atom is -0.370 e. The number of rotatable bonds is 3. The lowest BCUT2D eigenvalue weighted by molar-refractivity contribution is -0.0748. The minimum absolute atomic E-state index is 0.0858. The molecule has 0 saturated carbocycles. The predicted molar refractivity (Wildman–Crippen MR) is 135 cm³/mol. The van der Waals surface area contributed by atoms with Crippen molar-refractivity contribution in [1.82, 2.24) is 25.1 Å². The quantitative estimate of drug-likeness (QED) is 0.629. The first-order valence-electron chi connectivity index (χ1n) is 12.7. The zero-order valence-electron chi connectivity index (χ0n) is 21.1. The van der Waals surface area contributed by atoms with Crippen LogP contribution in [0.4, 0.5) is 5.82 Å². The highest BCUT2D eigenvalue weighted by atomic mass is 16.5. The van der Waals surface area contributed by atoms with Crippen molar-refractivity contribution in [1.29, 1.82) is 0 Å². The fourth-order valence-corrected chi connectivity index (χ4v) is 6.25. The maximum absolute atomic E-state index is 6.32. The van der Waals surface area contributed by atoms with Gasteiger partial charge in [-0.05, 0) is 74.4 Å². The average molecular weight is 461 g/mol. The van der Waals surface area contributed by atoms with Gasteiger partial charge in [-0.25, -0.2) is 14.6 Å². The van der Waals surface area contributed by atoms with Crippen LogP contribution in [0.5, 0.6) is 0 Å². The van der Waals surface area contributed by atoms with E-state index in [1.54, 1.807) is 0 Å². The molecule has 3 aliphatic heterocycles. The number of anilines is 1. The lowest BCUT2D eigenvalue weighted by atomic mass is 9.76. The molecule has 7 nitrogen and oxygen atoms in total. The molecule has 5 heterocycles. The lowest BCUT2D eigenvalue weighted by Crippen LogP contribution is -2.50. The molecule has 0 amide bonds. The van der Waals surface area contributed by atoms with E-state index in [1.165, 1.54) is 24.0 Å². The molecule has 6 rings (SSSR count). The highest BCUT2D eigenvalue weighted by Gasteiger charge is 2.57. The summed E-state index contributed by atoms with van der Waals surface area (Å²) in [5.74, 6) is 3.20. The van der Waals surface area contributed by atoms with E-state index in [9.17, 15) is 0 Å². The first-order chi connectivity index (χ1) is 16.2. The highest BCUT2D eigenvalue weighted by molar-refractivity contribution is 5.82. The Morgan fingerprint density at radius 3 is 2.56 bits per heavy atom. The van der Waals surface area contributed by atoms with E-state index >= 15 is 0 Å². The van der Waals surface area contributed by atoms with Crippen molar-refractivity contribution in [3.63, 3.8) is 0 Å². The molecule has 0 spiro atoms. The molecule has 3 fully saturated rings. The van der Waals surface area contributed by atoms with Crippen LogP contribution < -0.4 is 10.2 Å². The zero-order chi connectivity index (χ0) is 23.7. The van der Waals surface area contributed by atoms with Gasteiger partial charge in [0.25, 0.3) is 0 Å². The number of nitrogens with zero attached hydrogens (tertiary/aromatic N) is 5. The summed E-state index contributed by atoms with van der Waals surface area (Å²) < 4.78 is 8.32. The van der Waals surface area contributed by atoms with Crippen LogP contribution in [0.25, 0.3) is 16.7 Å². The molecule has 2 atom stereocenters. The minimum atomic E-state index is -0.115. The zero-order valence-corrected chi connectivity index (χ0v) is 21.1. The van der Waals surface area contributed by atoms with Crippen molar-refractivity contribution < 1.29 is 4.74 Å². The average Bonchev–Trinajstić information content (AvgIpc) is 3.52. The van der Waals surface area contributed by atoms with E-state index in [0.29, 0.717) is 12.0 Å². The van der Waals surface area contributed by atoms with Gasteiger partial charge in [0, 0.05) is 24.4 Å². The predicted octanol–water partition coefficient (Wildman–Crippen LogP) is 4.29. The standard InChI is InChI=1S/C27H36N6O/c1-17-10-20-14-29-33(23(20)11-22(17)19-6-8-28-9-7-19)25-12-24(30-18(2)31-25)32-16-27(26(3,4)5)13-21(32)15-34-27/h10-12,14,19,21,28H,6-9,13,15-16H2,1-5H3/t21-,27+/m1/s1. The van der Waals surface area contributed by atoms with Gasteiger partial charge in [0.15, 0.2) is 5.82 Å². The van der Waals surface area contributed by atoms with E-state index in [2.05, 4.69) is 56.1 Å². The largest absolute Gasteiger partial charge is 0.370 e. The Kier molecular flexibility index (Phi) is 5.01. The Hall–Kier alpha value is -2.51. The Labute approximate surface area is 201 Å². The second kappa shape index (κ2) is 7.75. The van der Waals surface area contributed by atoms with Crippen LogP contribution in [0.2, 0.25) is 0 Å². The molecule has 2 aromatic heterocycles. The number of hydrogen-bond donors (Lipinski definition) is 1. The molecule has 7 heteroatoms. The molecule has 2 bridgehead atoms. The van der Waals surface area contributed by atoms with Gasteiger partial charge in [0.1, 0.15) is 11.6 Å². The fourth-order valence-electron chi connectivity index (χ4n) is 6.25. The SMILES string of the molecule is Cc1nc(N2C[C@]3(C(C)(C)C)C[C@@H]2CO3)cc(-n2ncc3cc(C)c(C4CCNCC4)cc32)n1. The van der Waals surface area contributed by atoms with Crippen molar-refractivity contribution in [2.75, 3.05) is 31.1 Å². The molecule has 34 heavy (non-hydrogen) atoms. The summed E-state index contributed by atoms with van der Waals surface area (Å²) >= 11 is 0. The Morgan fingerprint density at radius 2 is 1.82 bits per heavy atom. The van der Waals surface area contributed by atoms with Crippen LogP contribution in [-0.2, 0) is 4.74 Å². The second-order valence-corrected chi connectivity index (χ2v) is 11.5. The van der Waals surface area contributed by atoms with Gasteiger partial charge < -0.3 is 15.0 Å². The van der Waals surface area contributed by atoms with Gasteiger partial charge >= 0.3 is 0 Å². The number of nitrogens with one attached hydrogen (secondary N) is 1. The first-order valence-corrected chi connectivity index (χ1v) is 12.7. The molecule has 3 aliphatic rings. The van der Waals surface area contributed by atoms with Crippen molar-refractivity contribution in [3.05, 3.63) is 41.3 Å². The van der Waals surface area contributed by atoms with Crippen LogP contribution in [0.15, 0.2) is 24.4 Å². The summed E-state index contributed by atoms with van der Waals surface area (Å²) in [6.07, 6.45) is 5.39. The molecule has 180 valence electrons. The number of piperidine rings is 1. The molecule has 0 aliphatic carbocycles. The Balaban J connectivity index is 1.39. The highest BCUT2D eigenvalue weighted by Crippen LogP contribution is 2.49. The number of ether oxygens (including phenoxy) is 1. The van der Waals surface area contributed by atoms with Gasteiger partial charge in [0.2, 0.25) is 0 Å². The van der Waals surface area contributed by atoms with Crippen LogP contribution in [-0.4, -0.2) is 57.6 Å². The van der Waals surface area contributed by atoms with Gasteiger partial charge in [-0.3, -0.25) is 0 Å². The Morgan fingerprint density at radius 1 is 1.06 bits per heavy atom. The van der Waals surface area contributed by atoms with E-state index in [-0.39, 0.29) is 11.0 Å². The molecular formula is C27H36N6O. The molecule has 3 aromatic rings. The van der Waals surface area contributed by atoms with Crippen molar-refractivity contribution in [2.45, 2.75) is 71.4 Å².